The second-order valence-electron chi connectivity index (χ2n) is 4.03. The third-order valence-corrected chi connectivity index (χ3v) is 2.76. The van der Waals surface area contributed by atoms with E-state index in [0.717, 1.165) is 16.0 Å². The minimum atomic E-state index is 0.341. The van der Waals surface area contributed by atoms with Crippen LogP contribution >= 0.6 is 0 Å². The first-order valence-electron chi connectivity index (χ1n) is 5.45. The van der Waals surface area contributed by atoms with Crippen LogP contribution in [0, 0.1) is 6.92 Å². The molecule has 6 nitrogen and oxygen atoms in total. The van der Waals surface area contributed by atoms with Crippen molar-refractivity contribution in [2.45, 2.75) is 6.92 Å². The minimum Gasteiger partial charge on any atom is -0.458 e. The van der Waals surface area contributed by atoms with Crippen LogP contribution in [0.2, 0.25) is 0 Å². The number of quaternary nitrogens is 1. The Morgan fingerprint density at radius 2 is 2.11 bits per heavy atom. The van der Waals surface area contributed by atoms with Gasteiger partial charge in [-0.3, -0.25) is 0 Å². The number of fused-ring (bicyclic) bond motifs is 1. The number of imidazole rings is 1. The van der Waals surface area contributed by atoms with E-state index in [2.05, 4.69) is 4.98 Å². The van der Waals surface area contributed by atoms with Gasteiger partial charge in [-0.25, -0.2) is 10.2 Å². The molecule has 3 rings (SSSR count). The van der Waals surface area contributed by atoms with E-state index < -0.39 is 0 Å². The predicted molar refractivity (Wildman–Crippen MR) is 62.7 cm³/mol. The number of furan rings is 1. The lowest BCUT2D eigenvalue weighted by atomic mass is 10.3. The smallest absolute Gasteiger partial charge is 0.212 e. The van der Waals surface area contributed by atoms with Crippen LogP contribution in [0.25, 0.3) is 22.6 Å². The van der Waals surface area contributed by atoms with Crippen LogP contribution in [0.1, 0.15) is 5.76 Å². The largest absolute Gasteiger partial charge is 0.458 e. The van der Waals surface area contributed by atoms with Gasteiger partial charge >= 0.3 is 0 Å². The fourth-order valence-corrected chi connectivity index (χ4v) is 1.87. The molecule has 0 fully saturated rings. The minimum absolute atomic E-state index is 0.341. The Labute approximate surface area is 102 Å². The van der Waals surface area contributed by atoms with Gasteiger partial charge in [-0.05, 0) is 25.1 Å². The lowest BCUT2D eigenvalue weighted by Gasteiger charge is -1.97. The normalized spacial score (nSPS) is 11.2. The van der Waals surface area contributed by atoms with Gasteiger partial charge in [0.2, 0.25) is 5.82 Å². The highest BCUT2D eigenvalue weighted by atomic mass is 16.5. The Bertz CT molecular complexity index is 715. The summed E-state index contributed by atoms with van der Waals surface area (Å²) in [7, 11) is 0. The molecule has 0 aliphatic carbocycles. The number of aromatic nitrogens is 2. The van der Waals surface area contributed by atoms with Crippen molar-refractivity contribution in [3.8, 4) is 11.6 Å². The summed E-state index contributed by atoms with van der Waals surface area (Å²) < 4.78 is 6.39. The van der Waals surface area contributed by atoms with Crippen molar-refractivity contribution in [3.05, 3.63) is 36.1 Å². The van der Waals surface area contributed by atoms with E-state index in [1.54, 1.807) is 24.3 Å². The number of rotatable bonds is 2. The predicted octanol–water partition coefficient (Wildman–Crippen LogP) is 1.43. The van der Waals surface area contributed by atoms with Gasteiger partial charge in [0, 0.05) is 12.1 Å². The van der Waals surface area contributed by atoms with Gasteiger partial charge in [-0.15, -0.1) is 0 Å². The molecule has 0 bridgehead atoms. The van der Waals surface area contributed by atoms with Crippen molar-refractivity contribution in [2.24, 2.45) is 0 Å². The zero-order chi connectivity index (χ0) is 12.7. The molecule has 0 aliphatic rings. The Balaban J connectivity index is 2.22. The first kappa shape index (κ1) is 10.8. The highest BCUT2D eigenvalue weighted by Gasteiger charge is 2.15. The summed E-state index contributed by atoms with van der Waals surface area (Å²) >= 11 is 0. The van der Waals surface area contributed by atoms with Gasteiger partial charge in [0.1, 0.15) is 11.3 Å². The van der Waals surface area contributed by atoms with Crippen LogP contribution in [-0.4, -0.2) is 20.1 Å². The van der Waals surface area contributed by atoms with Gasteiger partial charge in [0.15, 0.2) is 11.4 Å². The Morgan fingerprint density at radius 3 is 2.78 bits per heavy atom. The van der Waals surface area contributed by atoms with E-state index in [1.165, 1.54) is 0 Å². The van der Waals surface area contributed by atoms with E-state index in [4.69, 9.17) is 9.62 Å². The second kappa shape index (κ2) is 3.86. The van der Waals surface area contributed by atoms with E-state index in [0.29, 0.717) is 28.3 Å². The van der Waals surface area contributed by atoms with Gasteiger partial charge in [-0.1, -0.05) is 0 Å². The van der Waals surface area contributed by atoms with Crippen LogP contribution < -0.4 is 5.48 Å². The molecule has 0 aliphatic heterocycles. The fourth-order valence-electron chi connectivity index (χ4n) is 1.87. The highest BCUT2D eigenvalue weighted by Crippen LogP contribution is 2.25. The van der Waals surface area contributed by atoms with Crippen molar-refractivity contribution in [2.75, 3.05) is 0 Å². The van der Waals surface area contributed by atoms with Crippen LogP contribution in [0.5, 0.6) is 0 Å². The molecule has 0 atom stereocenters. The lowest BCUT2D eigenvalue weighted by molar-refractivity contribution is -0.825. The number of hydrogen-bond acceptors (Lipinski definition) is 4. The zero-order valence-electron chi connectivity index (χ0n) is 9.66. The molecule has 3 aromatic rings. The standard InChI is InChI=1S/C12H11N3O3/c1-7-2-5-11(18-7)12-13-9-4-3-8(14-16)6-10(9)15(12)17/h2-6,14,16-17H,1H3/p+1. The summed E-state index contributed by atoms with van der Waals surface area (Å²) in [6, 6.07) is 8.64. The Hall–Kier alpha value is -2.31. The van der Waals surface area contributed by atoms with Gasteiger partial charge < -0.3 is 9.62 Å². The van der Waals surface area contributed by atoms with Crippen LogP contribution in [0.3, 0.4) is 0 Å². The number of aryl methyl sites for hydroxylation is 1. The average Bonchev–Trinajstić information content (AvgIpc) is 2.94. The molecule has 4 N–H and O–H groups in total. The summed E-state index contributed by atoms with van der Waals surface area (Å²) in [4.78, 5) is 4.29. The molecule has 6 heteroatoms. The zero-order valence-corrected chi connectivity index (χ0v) is 9.66. The number of hydrogen-bond donors (Lipinski definition) is 3. The molecule has 92 valence electrons. The van der Waals surface area contributed by atoms with E-state index in [-0.39, 0.29) is 0 Å². The first-order chi connectivity index (χ1) is 8.69. The maximum atomic E-state index is 10.1. The number of benzene rings is 1. The second-order valence-corrected chi connectivity index (χ2v) is 4.03. The van der Waals surface area contributed by atoms with Crippen molar-refractivity contribution in [3.63, 3.8) is 0 Å². The Morgan fingerprint density at radius 1 is 1.28 bits per heavy atom. The van der Waals surface area contributed by atoms with E-state index in [9.17, 15) is 5.21 Å². The number of nitrogens with zero attached hydrogens (tertiary/aromatic N) is 2. The molecule has 2 aromatic heterocycles. The van der Waals surface area contributed by atoms with Crippen molar-refractivity contribution < 1.29 is 20.3 Å². The van der Waals surface area contributed by atoms with E-state index >= 15 is 0 Å². The molecule has 0 amide bonds. The topological polar surface area (TPSA) is 88.0 Å². The molecule has 1 aromatic carbocycles. The fraction of sp³-hybridized carbons (Fsp3) is 0.0833. The summed E-state index contributed by atoms with van der Waals surface area (Å²) in [6.45, 7) is 1.83. The van der Waals surface area contributed by atoms with Crippen molar-refractivity contribution in [1.82, 2.24) is 9.71 Å². The van der Waals surface area contributed by atoms with Crippen LogP contribution in [0.4, 0.5) is 5.69 Å². The van der Waals surface area contributed by atoms with Crippen molar-refractivity contribution >= 4 is 16.7 Å². The molecule has 0 unspecified atom stereocenters. The van der Waals surface area contributed by atoms with E-state index in [1.807, 2.05) is 13.0 Å². The van der Waals surface area contributed by atoms with Gasteiger partial charge in [-0.2, -0.15) is 10.2 Å². The molecule has 0 saturated carbocycles. The molecule has 0 saturated heterocycles. The van der Waals surface area contributed by atoms with Crippen molar-refractivity contribution in [1.29, 1.82) is 0 Å². The van der Waals surface area contributed by atoms with Gasteiger partial charge in [0.25, 0.3) is 0 Å². The quantitative estimate of drug-likeness (QED) is 0.362. The lowest BCUT2D eigenvalue weighted by Crippen LogP contribution is -2.73. The van der Waals surface area contributed by atoms with Crippen LogP contribution in [0.15, 0.2) is 34.7 Å². The summed E-state index contributed by atoms with van der Waals surface area (Å²) in [5.41, 5.74) is 2.72. The molecule has 0 radical (unpaired) electrons. The highest BCUT2D eigenvalue weighted by molar-refractivity contribution is 5.81. The van der Waals surface area contributed by atoms with Gasteiger partial charge in [0.05, 0.1) is 5.52 Å². The summed E-state index contributed by atoms with van der Waals surface area (Å²) in [6.07, 6.45) is 0. The Kier molecular flexibility index (Phi) is 2.32. The summed E-state index contributed by atoms with van der Waals surface area (Å²) in [5, 5.41) is 19.0. The molecular weight excluding hydrogens is 234 g/mol. The number of nitrogens with two attached hydrogens (primary N) is 1. The molecule has 18 heavy (non-hydrogen) atoms. The first-order valence-corrected chi connectivity index (χ1v) is 5.45. The van der Waals surface area contributed by atoms with Crippen LogP contribution in [-0.2, 0) is 0 Å². The third kappa shape index (κ3) is 1.55. The monoisotopic (exact) mass is 246 g/mol. The maximum Gasteiger partial charge on any atom is 0.212 e. The molecule has 0 spiro atoms. The maximum absolute atomic E-state index is 10.1. The molecular formula is C12H12N3O3+. The SMILES string of the molecule is Cc1ccc(-c2nc3ccc([NH2+]O)cc3n2O)o1. The summed E-state index contributed by atoms with van der Waals surface area (Å²) in [5.74, 6) is 1.59. The molecule has 2 heterocycles. The third-order valence-electron chi connectivity index (χ3n) is 2.76. The average molecular weight is 246 g/mol.